The lowest BCUT2D eigenvalue weighted by atomic mass is 9.33. The Morgan fingerprint density at radius 3 is 1.18 bits per heavy atom. The van der Waals surface area contributed by atoms with Crippen LogP contribution in [0.5, 0.6) is 0 Å². The van der Waals surface area contributed by atoms with Gasteiger partial charge in [0.25, 0.3) is 6.71 Å². The number of anilines is 9. The smallest absolute Gasteiger partial charge is 0.252 e. The van der Waals surface area contributed by atoms with Crippen LogP contribution in [0.1, 0.15) is 17.8 Å². The van der Waals surface area contributed by atoms with E-state index in [0.717, 1.165) is 117 Å². The van der Waals surface area contributed by atoms with Crippen LogP contribution in [0.2, 0.25) is 0 Å². The molecule has 2 aromatic heterocycles. The Morgan fingerprint density at radius 2 is 0.657 bits per heavy atom. The van der Waals surface area contributed by atoms with Crippen LogP contribution >= 0.6 is 0 Å². The number of rotatable bonds is 12. The Labute approximate surface area is 611 Å². The first kappa shape index (κ1) is 46.7. The topological polar surface area (TPSA) is 19.6 Å². The highest BCUT2D eigenvalue weighted by molar-refractivity contribution is 7.00. The van der Waals surface area contributed by atoms with Crippen molar-refractivity contribution in [1.82, 2.24) is 9.13 Å². The molecule has 0 unspecified atom stereocenters. The predicted octanol–water partition coefficient (Wildman–Crippen LogP) is 23.8. The van der Waals surface area contributed by atoms with Crippen molar-refractivity contribution in [2.24, 2.45) is 0 Å². The van der Waals surface area contributed by atoms with E-state index in [1.165, 1.54) is 0 Å². The molecule has 2 aliphatic heterocycles. The summed E-state index contributed by atoms with van der Waals surface area (Å²) in [6, 6.07) is 99.0. The number of nitrogens with zero attached hydrogens (tertiary/aromatic N) is 5. The summed E-state index contributed by atoms with van der Waals surface area (Å²) in [6.45, 7) is -0.702. The maximum absolute atomic E-state index is 10.1. The van der Waals surface area contributed by atoms with Crippen molar-refractivity contribution < 1.29 is 17.8 Å². The maximum Gasteiger partial charge on any atom is 0.252 e. The molecule has 0 atom stereocenters. The summed E-state index contributed by atoms with van der Waals surface area (Å²) in [6.07, 6.45) is 0. The zero-order chi connectivity index (χ0) is 78.5. The summed E-state index contributed by atoms with van der Waals surface area (Å²) in [5.41, 5.74) is 19.5. The second-order valence-corrected chi connectivity index (χ2v) is 25.9. The Bertz CT molecular complexity index is 6830. The lowest BCUT2D eigenvalue weighted by Gasteiger charge is -2.45. The molecular formula is C96H64BN5. The lowest BCUT2D eigenvalue weighted by Crippen LogP contribution is -2.61. The molecule has 5 nitrogen and oxygen atoms in total. The molecule has 102 heavy (non-hydrogen) atoms. The highest BCUT2D eigenvalue weighted by Gasteiger charge is 2.45. The van der Waals surface area contributed by atoms with E-state index in [9.17, 15) is 13.7 Å². The summed E-state index contributed by atoms with van der Waals surface area (Å²) in [7, 11) is 0. The second kappa shape index (κ2) is 24.2. The molecule has 0 N–H and O–H groups in total. The van der Waals surface area contributed by atoms with Crippen molar-refractivity contribution in [2.45, 2.75) is 0 Å². The Balaban J connectivity index is 0.957. The monoisotopic (exact) mass is 1310 g/mol. The molecule has 0 radical (unpaired) electrons. The SMILES string of the molecule is [2H]c1c([2H])c([2H])c(-c2ccc3c(c2)N(c2cc(-c4ccccc4)cc(-c4ccccc4)c2)c2cc(-n4c5c([2H])c([2H])c([2H])c([2H])c5c5c([2H])c([2H])c([2H])c([2H])c54)cc4c2B3c2ccc(-n3c5ccccc5c5cc(N(c6ccccc6)c6ccccc6)ccc53)cc2N4c2cc(-c3ccccc3)cc(-c3ccccc3)c2)c([2H])c1[2H]. The number of benzene rings is 16. The summed E-state index contributed by atoms with van der Waals surface area (Å²) in [5.74, 6) is 0. The maximum atomic E-state index is 10.1. The predicted molar refractivity (Wildman–Crippen MR) is 431 cm³/mol. The van der Waals surface area contributed by atoms with E-state index in [1.807, 2.05) is 140 Å². The van der Waals surface area contributed by atoms with Gasteiger partial charge in [-0.3, -0.25) is 0 Å². The molecule has 0 saturated heterocycles. The first-order valence-electron chi connectivity index (χ1n) is 40.6. The molecule has 6 heteroatoms. The van der Waals surface area contributed by atoms with E-state index in [0.29, 0.717) is 28.3 Å². The van der Waals surface area contributed by atoms with Gasteiger partial charge < -0.3 is 23.8 Å². The summed E-state index contributed by atoms with van der Waals surface area (Å²) < 4.78 is 127. The van der Waals surface area contributed by atoms with Crippen LogP contribution in [0.3, 0.4) is 0 Å². The molecule has 2 aliphatic rings. The Kier molecular flexibility index (Phi) is 11.1. The van der Waals surface area contributed by atoms with Gasteiger partial charge in [0.15, 0.2) is 0 Å². The van der Waals surface area contributed by atoms with Crippen LogP contribution in [0, 0.1) is 0 Å². The van der Waals surface area contributed by atoms with Gasteiger partial charge in [0.1, 0.15) is 0 Å². The fraction of sp³-hybridized carbons (Fsp3) is 0. The molecule has 0 aliphatic carbocycles. The number of hydrogen-bond donors (Lipinski definition) is 0. The molecule has 0 saturated carbocycles. The molecule has 4 heterocycles. The van der Waals surface area contributed by atoms with Crippen molar-refractivity contribution >= 4 is 118 Å². The third-order valence-corrected chi connectivity index (χ3v) is 20.1. The molecule has 0 amide bonds. The fourth-order valence-corrected chi connectivity index (χ4v) is 15.7. The van der Waals surface area contributed by atoms with Crippen molar-refractivity contribution in [3.8, 4) is 67.0 Å². The van der Waals surface area contributed by atoms with Gasteiger partial charge in [0.05, 0.1) is 45.6 Å². The highest BCUT2D eigenvalue weighted by Crippen LogP contribution is 2.51. The van der Waals surface area contributed by atoms with Crippen molar-refractivity contribution in [1.29, 1.82) is 0 Å². The number of para-hydroxylation sites is 5. The van der Waals surface area contributed by atoms with E-state index in [4.69, 9.17) is 4.11 Å². The summed E-state index contributed by atoms with van der Waals surface area (Å²) >= 11 is 0. The zero-order valence-corrected chi connectivity index (χ0v) is 54.8. The Hall–Kier alpha value is -13.4. The number of hydrogen-bond acceptors (Lipinski definition) is 3. The minimum Gasteiger partial charge on any atom is -0.311 e. The minimum absolute atomic E-state index is 0.0101. The van der Waals surface area contributed by atoms with Gasteiger partial charge in [-0.1, -0.05) is 261 Å². The lowest BCUT2D eigenvalue weighted by molar-refractivity contribution is 1.15. The van der Waals surface area contributed by atoms with Gasteiger partial charge in [-0.15, -0.1) is 0 Å². The van der Waals surface area contributed by atoms with Gasteiger partial charge >= 0.3 is 0 Å². The largest absolute Gasteiger partial charge is 0.311 e. The second-order valence-electron chi connectivity index (χ2n) is 25.9. The van der Waals surface area contributed by atoms with E-state index >= 15 is 0 Å². The third-order valence-electron chi connectivity index (χ3n) is 20.1. The van der Waals surface area contributed by atoms with Gasteiger partial charge in [0, 0.05) is 78.4 Å². The fourth-order valence-electron chi connectivity index (χ4n) is 15.7. The van der Waals surface area contributed by atoms with Crippen LogP contribution in [0.15, 0.2) is 388 Å². The number of fused-ring (bicyclic) bond motifs is 10. The molecule has 18 aromatic rings. The standard InChI is InChI=1S/C96H64BN5/c1-8-28-65(29-9-1)70-48-51-86-92(60-70)101(79-56-71(66-30-10-2-11-31-66)54-72(57-79)67-32-12-3-13-33-67)94-63-81(100-88-45-25-22-42-82(88)83-43-23-26-46-89(83)100)64-95-96(94)97(86)87-52-49-78(62-93(87)102(95)80-58-73(68-34-14-4-15-35-68)55-74(59-80)69-36-16-5-17-37-69)99-90-47-27-24-44-84(90)85-61-77(50-53-91(85)99)98(75-38-18-6-19-39-75)76-40-20-7-21-41-76/h1-64H/i1D,8D,9D,22D,23D,25D,26D,28D,29D,42D,43D,45D,46D. The summed E-state index contributed by atoms with van der Waals surface area (Å²) in [5, 5.41) is 1.84. The van der Waals surface area contributed by atoms with Crippen molar-refractivity contribution in [2.75, 3.05) is 14.7 Å². The minimum atomic E-state index is -0.702. The summed E-state index contributed by atoms with van der Waals surface area (Å²) in [4.78, 5) is 6.68. The van der Waals surface area contributed by atoms with Crippen LogP contribution < -0.4 is 31.1 Å². The average molecular weight is 1310 g/mol. The van der Waals surface area contributed by atoms with Gasteiger partial charge in [-0.25, -0.2) is 0 Å². The number of aromatic nitrogens is 2. The van der Waals surface area contributed by atoms with Gasteiger partial charge in [0.2, 0.25) is 0 Å². The third kappa shape index (κ3) is 9.79. The van der Waals surface area contributed by atoms with Crippen LogP contribution in [-0.4, -0.2) is 15.8 Å². The van der Waals surface area contributed by atoms with E-state index < -0.39 is 73.2 Å². The van der Waals surface area contributed by atoms with Crippen LogP contribution in [0.4, 0.5) is 51.2 Å². The average Bonchev–Trinajstić information content (AvgIpc) is 1.68. The van der Waals surface area contributed by atoms with Crippen molar-refractivity contribution in [3.63, 3.8) is 0 Å². The van der Waals surface area contributed by atoms with Crippen LogP contribution in [-0.2, 0) is 0 Å². The molecule has 20 rings (SSSR count). The molecule has 0 bridgehead atoms. The first-order valence-corrected chi connectivity index (χ1v) is 34.1. The Morgan fingerprint density at radius 1 is 0.235 bits per heavy atom. The molecular weight excluding hydrogens is 1230 g/mol. The van der Waals surface area contributed by atoms with E-state index in [2.05, 4.69) is 189 Å². The molecule has 476 valence electrons. The van der Waals surface area contributed by atoms with Crippen LogP contribution in [0.25, 0.3) is 111 Å². The van der Waals surface area contributed by atoms with Gasteiger partial charge in [-0.05, 0) is 199 Å². The normalized spacial score (nSPS) is 14.0. The zero-order valence-electron chi connectivity index (χ0n) is 67.8. The molecule has 0 spiro atoms. The van der Waals surface area contributed by atoms with Gasteiger partial charge in [-0.2, -0.15) is 0 Å². The van der Waals surface area contributed by atoms with Crippen molar-refractivity contribution in [3.05, 3.63) is 388 Å². The molecule has 16 aromatic carbocycles. The molecule has 0 fully saturated rings. The first-order chi connectivity index (χ1) is 56.0. The highest BCUT2D eigenvalue weighted by atomic mass is 15.2. The quantitative estimate of drug-likeness (QED) is 0.114. The van der Waals surface area contributed by atoms with E-state index in [-0.39, 0.29) is 45.1 Å². The van der Waals surface area contributed by atoms with E-state index in [1.54, 1.807) is 4.57 Å².